The zero-order valence-electron chi connectivity index (χ0n) is 12.5. The molecule has 0 aliphatic carbocycles. The first-order chi connectivity index (χ1) is 10.7. The summed E-state index contributed by atoms with van der Waals surface area (Å²) in [5, 5.41) is 3.15. The van der Waals surface area contributed by atoms with Gasteiger partial charge in [0.2, 0.25) is 0 Å². The number of carbonyl (C=O) groups excluding carboxylic acids is 1. The van der Waals surface area contributed by atoms with Crippen molar-refractivity contribution in [1.29, 1.82) is 0 Å². The Balaban J connectivity index is 2.11. The number of carbonyl (C=O) groups is 1. The van der Waals surface area contributed by atoms with Gasteiger partial charge in [0, 0.05) is 14.2 Å². The van der Waals surface area contributed by atoms with E-state index >= 15 is 0 Å². The molecule has 0 radical (unpaired) electrons. The molecule has 0 spiro atoms. The van der Waals surface area contributed by atoms with Gasteiger partial charge >= 0.3 is 0 Å². The van der Waals surface area contributed by atoms with Gasteiger partial charge in [0.25, 0.3) is 5.91 Å². The van der Waals surface area contributed by atoms with Gasteiger partial charge in [-0.3, -0.25) is 4.79 Å². The van der Waals surface area contributed by atoms with Crippen LogP contribution in [0.15, 0.2) is 48.5 Å². The largest absolute Gasteiger partial charge is 0.487 e. The van der Waals surface area contributed by atoms with Crippen LogP contribution in [-0.2, 0) is 16.1 Å². The van der Waals surface area contributed by atoms with Crippen LogP contribution >= 0.6 is 11.6 Å². The van der Waals surface area contributed by atoms with Crippen molar-refractivity contribution >= 4 is 17.5 Å². The zero-order chi connectivity index (χ0) is 15.9. The first-order valence-corrected chi connectivity index (χ1v) is 7.24. The fourth-order valence-corrected chi connectivity index (χ4v) is 2.28. The lowest BCUT2D eigenvalue weighted by Crippen LogP contribution is -2.27. The predicted octanol–water partition coefficient (Wildman–Crippen LogP) is 3.35. The molecule has 2 rings (SSSR count). The molecule has 4 nitrogen and oxygen atoms in total. The van der Waals surface area contributed by atoms with E-state index < -0.39 is 6.10 Å². The fourth-order valence-electron chi connectivity index (χ4n) is 2.09. The molecule has 0 saturated heterocycles. The lowest BCUT2D eigenvalue weighted by Gasteiger charge is -2.15. The number of nitrogens with one attached hydrogen (secondary N) is 1. The van der Waals surface area contributed by atoms with Crippen LogP contribution in [0.5, 0.6) is 5.75 Å². The van der Waals surface area contributed by atoms with E-state index in [0.717, 1.165) is 11.1 Å². The van der Waals surface area contributed by atoms with Crippen molar-refractivity contribution in [2.45, 2.75) is 12.7 Å². The normalized spacial score (nSPS) is 11.8. The van der Waals surface area contributed by atoms with Crippen LogP contribution in [0.4, 0.5) is 0 Å². The second kappa shape index (κ2) is 7.82. The van der Waals surface area contributed by atoms with E-state index in [0.29, 0.717) is 17.4 Å². The summed E-state index contributed by atoms with van der Waals surface area (Å²) in [6, 6.07) is 14.8. The van der Waals surface area contributed by atoms with Crippen LogP contribution in [0, 0.1) is 0 Å². The van der Waals surface area contributed by atoms with Crippen LogP contribution in [0.2, 0.25) is 5.02 Å². The Kier molecular flexibility index (Phi) is 5.81. The van der Waals surface area contributed by atoms with E-state index in [9.17, 15) is 4.79 Å². The first kappa shape index (κ1) is 16.3. The van der Waals surface area contributed by atoms with Crippen molar-refractivity contribution in [2.24, 2.45) is 0 Å². The lowest BCUT2D eigenvalue weighted by atomic mass is 10.1. The Labute approximate surface area is 135 Å². The van der Waals surface area contributed by atoms with Crippen molar-refractivity contribution < 1.29 is 14.3 Å². The number of hydrogen-bond acceptors (Lipinski definition) is 3. The number of hydrogen-bond donors (Lipinski definition) is 1. The molecule has 1 unspecified atom stereocenters. The van der Waals surface area contributed by atoms with Gasteiger partial charge < -0.3 is 14.8 Å². The summed E-state index contributed by atoms with van der Waals surface area (Å²) in [7, 11) is 3.09. The van der Waals surface area contributed by atoms with Crippen molar-refractivity contribution in [2.75, 3.05) is 14.2 Å². The van der Waals surface area contributed by atoms with Gasteiger partial charge in [-0.2, -0.15) is 0 Å². The van der Waals surface area contributed by atoms with Gasteiger partial charge in [0.05, 0.1) is 5.02 Å². The zero-order valence-corrected chi connectivity index (χ0v) is 13.3. The predicted molar refractivity (Wildman–Crippen MR) is 86.0 cm³/mol. The molecular weight excluding hydrogens is 302 g/mol. The maximum atomic E-state index is 11.8. The Hall–Kier alpha value is -2.04. The number of halogens is 1. The number of benzene rings is 2. The Morgan fingerprint density at radius 2 is 2.00 bits per heavy atom. The van der Waals surface area contributed by atoms with Gasteiger partial charge in [-0.05, 0) is 29.3 Å². The highest BCUT2D eigenvalue weighted by molar-refractivity contribution is 6.32. The maximum absolute atomic E-state index is 11.8. The second-order valence-electron chi connectivity index (χ2n) is 4.69. The molecule has 116 valence electrons. The molecular formula is C17H18ClNO3. The third-order valence-corrected chi connectivity index (χ3v) is 3.52. The van der Waals surface area contributed by atoms with Crippen molar-refractivity contribution in [3.05, 3.63) is 64.7 Å². The molecule has 0 saturated carbocycles. The number of amides is 1. The minimum atomic E-state index is -0.634. The lowest BCUT2D eigenvalue weighted by molar-refractivity contribution is -0.130. The Morgan fingerprint density at radius 3 is 2.68 bits per heavy atom. The molecule has 0 aliphatic rings. The fraction of sp³-hybridized carbons (Fsp3) is 0.235. The standard InChI is InChI=1S/C17H18ClNO3/c1-19-17(20)16(21-2)13-7-5-6-12(10-13)11-22-15-9-4-3-8-14(15)18/h3-10,16H,11H2,1-2H3,(H,19,20). The van der Waals surface area contributed by atoms with E-state index in [4.69, 9.17) is 21.1 Å². The summed E-state index contributed by atoms with van der Waals surface area (Å²) >= 11 is 6.06. The van der Waals surface area contributed by atoms with Gasteiger partial charge in [-0.1, -0.05) is 41.9 Å². The minimum absolute atomic E-state index is 0.188. The SMILES string of the molecule is CNC(=O)C(OC)c1cccc(COc2ccccc2Cl)c1. The van der Waals surface area contributed by atoms with E-state index in [1.807, 2.05) is 42.5 Å². The van der Waals surface area contributed by atoms with Crippen LogP contribution in [0.1, 0.15) is 17.2 Å². The number of para-hydroxylation sites is 1. The monoisotopic (exact) mass is 319 g/mol. The molecule has 2 aromatic carbocycles. The summed E-state index contributed by atoms with van der Waals surface area (Å²) < 4.78 is 11.0. The third kappa shape index (κ3) is 4.00. The van der Waals surface area contributed by atoms with Gasteiger partial charge in [-0.15, -0.1) is 0 Å². The summed E-state index contributed by atoms with van der Waals surface area (Å²) in [5.41, 5.74) is 1.71. The molecule has 0 heterocycles. The summed E-state index contributed by atoms with van der Waals surface area (Å²) in [5.74, 6) is 0.441. The van der Waals surface area contributed by atoms with E-state index in [1.54, 1.807) is 13.1 Å². The molecule has 22 heavy (non-hydrogen) atoms. The molecule has 2 aromatic rings. The van der Waals surface area contributed by atoms with E-state index in [-0.39, 0.29) is 5.91 Å². The molecule has 0 bridgehead atoms. The highest BCUT2D eigenvalue weighted by atomic mass is 35.5. The summed E-state index contributed by atoms with van der Waals surface area (Å²) in [6.07, 6.45) is -0.634. The number of likely N-dealkylation sites (N-methyl/N-ethyl adjacent to an activating group) is 1. The van der Waals surface area contributed by atoms with Gasteiger partial charge in [0.1, 0.15) is 12.4 Å². The quantitative estimate of drug-likeness (QED) is 0.888. The van der Waals surface area contributed by atoms with Crippen LogP contribution < -0.4 is 10.1 Å². The minimum Gasteiger partial charge on any atom is -0.487 e. The average Bonchev–Trinajstić information content (AvgIpc) is 2.55. The van der Waals surface area contributed by atoms with Crippen molar-refractivity contribution in [3.8, 4) is 5.75 Å². The maximum Gasteiger partial charge on any atom is 0.253 e. The van der Waals surface area contributed by atoms with Gasteiger partial charge in [-0.25, -0.2) is 0 Å². The molecule has 1 amide bonds. The highest BCUT2D eigenvalue weighted by Gasteiger charge is 2.18. The first-order valence-electron chi connectivity index (χ1n) is 6.86. The summed E-state index contributed by atoms with van der Waals surface area (Å²) in [4.78, 5) is 11.8. The smallest absolute Gasteiger partial charge is 0.253 e. The number of ether oxygens (including phenoxy) is 2. The topological polar surface area (TPSA) is 47.6 Å². The van der Waals surface area contributed by atoms with Crippen LogP contribution in [0.3, 0.4) is 0 Å². The molecule has 0 aliphatic heterocycles. The summed E-state index contributed by atoms with van der Waals surface area (Å²) in [6.45, 7) is 0.363. The second-order valence-corrected chi connectivity index (χ2v) is 5.10. The molecule has 0 fully saturated rings. The van der Waals surface area contributed by atoms with Crippen LogP contribution in [-0.4, -0.2) is 20.1 Å². The molecule has 1 N–H and O–H groups in total. The third-order valence-electron chi connectivity index (χ3n) is 3.21. The van der Waals surface area contributed by atoms with E-state index in [2.05, 4.69) is 5.32 Å². The Morgan fingerprint density at radius 1 is 1.23 bits per heavy atom. The molecule has 5 heteroatoms. The van der Waals surface area contributed by atoms with Crippen molar-refractivity contribution in [3.63, 3.8) is 0 Å². The molecule has 0 aromatic heterocycles. The van der Waals surface area contributed by atoms with Crippen molar-refractivity contribution in [1.82, 2.24) is 5.32 Å². The average molecular weight is 320 g/mol. The molecule has 1 atom stereocenters. The number of methoxy groups -OCH3 is 1. The van der Waals surface area contributed by atoms with E-state index in [1.165, 1.54) is 7.11 Å². The van der Waals surface area contributed by atoms with Gasteiger partial charge in [0.15, 0.2) is 6.10 Å². The van der Waals surface area contributed by atoms with Crippen LogP contribution in [0.25, 0.3) is 0 Å². The number of rotatable bonds is 6. The Bertz CT molecular complexity index is 645. The highest BCUT2D eigenvalue weighted by Crippen LogP contribution is 2.25.